The molecule has 0 saturated carbocycles. The number of hydrogen-bond donors (Lipinski definition) is 4. The molecule has 15 heavy (non-hydrogen) atoms. The summed E-state index contributed by atoms with van der Waals surface area (Å²) in [5.74, 6) is 4.44. The zero-order valence-electron chi connectivity index (χ0n) is 8.48. The second-order valence-electron chi connectivity index (χ2n) is 3.55. The Bertz CT molecular complexity index is 243. The molecule has 4 N–H and O–H groups in total. The summed E-state index contributed by atoms with van der Waals surface area (Å²) in [6.07, 6.45) is 9.88. The Morgan fingerprint density at radius 1 is 0.867 bits per heavy atom. The van der Waals surface area contributed by atoms with E-state index in [0.29, 0.717) is 0 Å². The Hall–Kier alpha value is -1.04. The van der Waals surface area contributed by atoms with E-state index < -0.39 is 30.8 Å². The molecule has 0 amide bonds. The largest absolute Gasteiger partial charge is 0.395 e. The van der Waals surface area contributed by atoms with Crippen LogP contribution >= 0.6 is 0 Å². The van der Waals surface area contributed by atoms with E-state index in [4.69, 9.17) is 28.2 Å². The minimum Gasteiger partial charge on any atom is -0.395 e. The topological polar surface area (TPSA) is 80.9 Å². The summed E-state index contributed by atoms with van der Waals surface area (Å²) in [6, 6.07) is 0. The highest BCUT2D eigenvalue weighted by molar-refractivity contribution is 5.10. The smallest absolute Gasteiger partial charge is 0.0986 e. The van der Waals surface area contributed by atoms with Crippen LogP contribution in [0.1, 0.15) is 12.8 Å². The van der Waals surface area contributed by atoms with Crippen molar-refractivity contribution in [1.82, 2.24) is 0 Å². The van der Waals surface area contributed by atoms with Crippen LogP contribution < -0.4 is 0 Å². The summed E-state index contributed by atoms with van der Waals surface area (Å²) in [6.45, 7) is -1.79. The molecule has 4 nitrogen and oxygen atoms in total. The molecule has 0 unspecified atom stereocenters. The van der Waals surface area contributed by atoms with Crippen LogP contribution in [0.2, 0.25) is 0 Å². The highest BCUT2D eigenvalue weighted by Gasteiger charge is 2.48. The van der Waals surface area contributed by atoms with E-state index in [1.807, 2.05) is 0 Å². The molecular formula is C11H16O4. The summed E-state index contributed by atoms with van der Waals surface area (Å²) in [7, 11) is 0. The van der Waals surface area contributed by atoms with Crippen LogP contribution in [0.5, 0.6) is 0 Å². The van der Waals surface area contributed by atoms with Crippen molar-refractivity contribution in [2.75, 3.05) is 19.8 Å². The summed E-state index contributed by atoms with van der Waals surface area (Å²) in [5, 5.41) is 37.6. The molecule has 0 saturated heterocycles. The fraction of sp³-hybridized carbons (Fsp3) is 0.636. The van der Waals surface area contributed by atoms with Gasteiger partial charge in [-0.25, -0.2) is 0 Å². The predicted octanol–water partition coefficient (Wildman–Crippen LogP) is -1.27. The maximum absolute atomic E-state index is 10.2. The minimum atomic E-state index is -1.66. The monoisotopic (exact) mass is 212 g/mol. The van der Waals surface area contributed by atoms with Crippen molar-refractivity contribution in [3.8, 4) is 24.7 Å². The van der Waals surface area contributed by atoms with Gasteiger partial charge >= 0.3 is 0 Å². The lowest BCUT2D eigenvalue weighted by Gasteiger charge is -2.42. The van der Waals surface area contributed by atoms with Gasteiger partial charge in [0, 0.05) is 12.8 Å². The first kappa shape index (κ1) is 14.0. The molecule has 0 bridgehead atoms. The van der Waals surface area contributed by atoms with Crippen molar-refractivity contribution in [2.24, 2.45) is 5.41 Å². The predicted molar refractivity (Wildman–Crippen MR) is 55.5 cm³/mol. The third-order valence-electron chi connectivity index (χ3n) is 2.68. The van der Waals surface area contributed by atoms with Crippen molar-refractivity contribution in [3.05, 3.63) is 0 Å². The molecule has 84 valence electrons. The van der Waals surface area contributed by atoms with Gasteiger partial charge in [-0.1, -0.05) is 0 Å². The van der Waals surface area contributed by atoms with Gasteiger partial charge in [0.05, 0.1) is 30.8 Å². The highest BCUT2D eigenvalue weighted by Crippen LogP contribution is 2.36. The van der Waals surface area contributed by atoms with Crippen molar-refractivity contribution in [2.45, 2.75) is 18.4 Å². The molecule has 0 aromatic rings. The quantitative estimate of drug-likeness (QED) is 0.414. The van der Waals surface area contributed by atoms with E-state index in [2.05, 4.69) is 11.8 Å². The number of aliphatic hydroxyl groups excluding tert-OH is 3. The van der Waals surface area contributed by atoms with Crippen LogP contribution in [-0.2, 0) is 0 Å². The molecule has 0 fully saturated rings. The maximum Gasteiger partial charge on any atom is 0.0986 e. The van der Waals surface area contributed by atoms with Crippen LogP contribution in [0.3, 0.4) is 0 Å². The SMILES string of the molecule is C#CCC(O)(CC#C)C(CO)(CO)CO. The average molecular weight is 212 g/mol. The van der Waals surface area contributed by atoms with Crippen LogP contribution in [0.15, 0.2) is 0 Å². The number of terminal acetylenes is 2. The van der Waals surface area contributed by atoms with E-state index in [1.54, 1.807) is 0 Å². The number of hydrogen-bond acceptors (Lipinski definition) is 4. The van der Waals surface area contributed by atoms with Gasteiger partial charge in [0.1, 0.15) is 0 Å². The zero-order chi connectivity index (χ0) is 11.9. The number of rotatable bonds is 6. The molecule has 0 aliphatic carbocycles. The Morgan fingerprint density at radius 3 is 1.40 bits per heavy atom. The standard InChI is InChI=1S/C11H16O4/c1-3-5-11(15,6-4-2)10(7-12,8-13)9-14/h1-2,12-15H,5-9H2. The van der Waals surface area contributed by atoms with E-state index in [1.165, 1.54) is 0 Å². The van der Waals surface area contributed by atoms with Crippen molar-refractivity contribution >= 4 is 0 Å². The first-order chi connectivity index (χ1) is 7.05. The zero-order valence-corrected chi connectivity index (χ0v) is 8.48. The minimum absolute atomic E-state index is 0.140. The molecule has 0 rings (SSSR count). The summed E-state index contributed by atoms with van der Waals surface area (Å²) in [4.78, 5) is 0. The summed E-state index contributed by atoms with van der Waals surface area (Å²) in [5.41, 5.74) is -3.14. The van der Waals surface area contributed by atoms with Gasteiger partial charge in [-0.2, -0.15) is 0 Å². The van der Waals surface area contributed by atoms with Gasteiger partial charge in [-0.15, -0.1) is 24.7 Å². The molecule has 0 aliphatic heterocycles. The Balaban J connectivity index is 5.19. The fourth-order valence-corrected chi connectivity index (χ4v) is 1.37. The van der Waals surface area contributed by atoms with Crippen molar-refractivity contribution < 1.29 is 20.4 Å². The lowest BCUT2D eigenvalue weighted by molar-refractivity contribution is -0.147. The summed E-state index contributed by atoms with van der Waals surface area (Å²) >= 11 is 0. The van der Waals surface area contributed by atoms with E-state index in [-0.39, 0.29) is 12.8 Å². The van der Waals surface area contributed by atoms with Crippen molar-refractivity contribution in [3.63, 3.8) is 0 Å². The van der Waals surface area contributed by atoms with Gasteiger partial charge in [0.15, 0.2) is 0 Å². The van der Waals surface area contributed by atoms with E-state index >= 15 is 0 Å². The first-order valence-corrected chi connectivity index (χ1v) is 4.47. The average Bonchev–Trinajstić information content (AvgIpc) is 2.21. The molecule has 0 aromatic heterocycles. The van der Waals surface area contributed by atoms with Crippen LogP contribution in [0.25, 0.3) is 0 Å². The van der Waals surface area contributed by atoms with Gasteiger partial charge in [-0.3, -0.25) is 0 Å². The van der Waals surface area contributed by atoms with Gasteiger partial charge in [0.2, 0.25) is 0 Å². The molecule has 0 aromatic carbocycles. The second kappa shape index (κ2) is 5.75. The molecule has 0 aliphatic rings. The Labute approximate surface area is 89.6 Å². The van der Waals surface area contributed by atoms with Gasteiger partial charge in [0.25, 0.3) is 0 Å². The van der Waals surface area contributed by atoms with Crippen LogP contribution in [0, 0.1) is 30.1 Å². The third-order valence-corrected chi connectivity index (χ3v) is 2.68. The molecule has 0 radical (unpaired) electrons. The van der Waals surface area contributed by atoms with Gasteiger partial charge < -0.3 is 20.4 Å². The first-order valence-electron chi connectivity index (χ1n) is 4.47. The molecular weight excluding hydrogens is 196 g/mol. The lowest BCUT2D eigenvalue weighted by Crippen LogP contribution is -2.55. The van der Waals surface area contributed by atoms with Gasteiger partial charge in [-0.05, 0) is 0 Å². The van der Waals surface area contributed by atoms with Crippen LogP contribution in [0.4, 0.5) is 0 Å². The van der Waals surface area contributed by atoms with Crippen molar-refractivity contribution in [1.29, 1.82) is 0 Å². The lowest BCUT2D eigenvalue weighted by atomic mass is 9.70. The molecule has 4 heteroatoms. The number of aliphatic hydroxyl groups is 4. The highest BCUT2D eigenvalue weighted by atomic mass is 16.3. The summed E-state index contributed by atoms with van der Waals surface area (Å²) < 4.78 is 0. The maximum atomic E-state index is 10.2. The fourth-order valence-electron chi connectivity index (χ4n) is 1.37. The molecule has 0 spiro atoms. The normalized spacial score (nSPS) is 11.9. The van der Waals surface area contributed by atoms with E-state index in [9.17, 15) is 5.11 Å². The Kier molecular flexibility index (Phi) is 5.35. The van der Waals surface area contributed by atoms with Crippen LogP contribution in [-0.4, -0.2) is 45.8 Å². The Morgan fingerprint density at radius 2 is 1.20 bits per heavy atom. The third kappa shape index (κ3) is 2.50. The second-order valence-corrected chi connectivity index (χ2v) is 3.55. The molecule has 0 heterocycles. The molecule has 0 atom stereocenters. The van der Waals surface area contributed by atoms with E-state index in [0.717, 1.165) is 0 Å².